The highest BCUT2D eigenvalue weighted by Crippen LogP contribution is 2.25. The largest absolute Gasteiger partial charge is 0.496 e. The molecule has 0 aliphatic heterocycles. The zero-order valence-electron chi connectivity index (χ0n) is 6.41. The lowest BCUT2D eigenvalue weighted by molar-refractivity contribution is 0.108. The van der Waals surface area contributed by atoms with Gasteiger partial charge in [0.05, 0.1) is 12.7 Å². The molecule has 1 aromatic rings. The van der Waals surface area contributed by atoms with Crippen LogP contribution in [0.1, 0.15) is 10.4 Å². The Labute approximate surface area is 82.5 Å². The van der Waals surface area contributed by atoms with Crippen LogP contribution < -0.4 is 4.74 Å². The minimum absolute atomic E-state index is 0.0487. The van der Waals surface area contributed by atoms with Gasteiger partial charge < -0.3 is 4.74 Å². The topological polar surface area (TPSA) is 26.3 Å². The van der Waals surface area contributed by atoms with E-state index in [1.54, 1.807) is 25.3 Å². The van der Waals surface area contributed by atoms with Crippen molar-refractivity contribution in [2.75, 3.05) is 7.11 Å². The molecule has 0 aliphatic rings. The number of para-hydroxylation sites is 1. The van der Waals surface area contributed by atoms with E-state index in [-0.39, 0.29) is 5.12 Å². The minimum atomic E-state index is -0.0487. The average Bonchev–Trinajstić information content (AvgIpc) is 2.16. The maximum absolute atomic E-state index is 11.2. The van der Waals surface area contributed by atoms with Crippen LogP contribution in [0.25, 0.3) is 0 Å². The number of halogens is 1. The summed E-state index contributed by atoms with van der Waals surface area (Å²) in [5.74, 6) is 0.606. The molecular formula is C8H7BrO2S. The van der Waals surface area contributed by atoms with Gasteiger partial charge in [-0.15, -0.1) is 0 Å². The summed E-state index contributed by atoms with van der Waals surface area (Å²) in [6.07, 6.45) is 0. The summed E-state index contributed by atoms with van der Waals surface area (Å²) in [5.41, 5.74) is 0.585. The van der Waals surface area contributed by atoms with E-state index in [4.69, 9.17) is 4.74 Å². The molecule has 0 atom stereocenters. The van der Waals surface area contributed by atoms with Crippen molar-refractivity contribution in [3.05, 3.63) is 29.8 Å². The first kappa shape index (κ1) is 9.61. The summed E-state index contributed by atoms with van der Waals surface area (Å²) in [4.78, 5) is 11.2. The molecule has 0 N–H and O–H groups in total. The monoisotopic (exact) mass is 246 g/mol. The van der Waals surface area contributed by atoms with Gasteiger partial charge in [-0.2, -0.15) is 0 Å². The lowest BCUT2D eigenvalue weighted by atomic mass is 10.2. The van der Waals surface area contributed by atoms with E-state index in [0.717, 1.165) is 10.2 Å². The molecule has 4 heteroatoms. The van der Waals surface area contributed by atoms with Gasteiger partial charge in [0, 0.05) is 0 Å². The first-order valence-corrected chi connectivity index (χ1v) is 5.91. The van der Waals surface area contributed by atoms with E-state index in [9.17, 15) is 4.79 Å². The van der Waals surface area contributed by atoms with E-state index in [1.165, 1.54) is 0 Å². The summed E-state index contributed by atoms with van der Waals surface area (Å²) in [5, 5.41) is -0.0487. The van der Waals surface area contributed by atoms with Gasteiger partial charge in [0.25, 0.3) is 0 Å². The zero-order chi connectivity index (χ0) is 8.97. The molecule has 0 heterocycles. The van der Waals surface area contributed by atoms with Gasteiger partial charge in [0.2, 0.25) is 5.12 Å². The second-order valence-electron chi connectivity index (χ2n) is 2.06. The maximum atomic E-state index is 11.2. The molecule has 0 bridgehead atoms. The van der Waals surface area contributed by atoms with Crippen LogP contribution in [-0.4, -0.2) is 12.2 Å². The fourth-order valence-corrected chi connectivity index (χ4v) is 1.63. The third kappa shape index (κ3) is 2.01. The summed E-state index contributed by atoms with van der Waals surface area (Å²) in [7, 11) is 2.55. The molecule has 0 spiro atoms. The van der Waals surface area contributed by atoms with Gasteiger partial charge in [-0.3, -0.25) is 4.79 Å². The molecule has 0 saturated carbocycles. The predicted molar refractivity (Wildman–Crippen MR) is 53.8 cm³/mol. The van der Waals surface area contributed by atoms with Crippen LogP contribution in [0.5, 0.6) is 5.75 Å². The van der Waals surface area contributed by atoms with Crippen molar-refractivity contribution in [3.63, 3.8) is 0 Å². The van der Waals surface area contributed by atoms with Crippen molar-refractivity contribution in [1.29, 1.82) is 0 Å². The Morgan fingerprint density at radius 3 is 2.75 bits per heavy atom. The minimum Gasteiger partial charge on any atom is -0.496 e. The van der Waals surface area contributed by atoms with Crippen molar-refractivity contribution in [2.24, 2.45) is 0 Å². The number of ether oxygens (including phenoxy) is 1. The number of methoxy groups -OCH3 is 1. The molecule has 2 nitrogen and oxygen atoms in total. The zero-order valence-corrected chi connectivity index (χ0v) is 8.81. The van der Waals surface area contributed by atoms with E-state index < -0.39 is 0 Å². The SMILES string of the molecule is COc1ccccc1C(=O)SBr. The van der Waals surface area contributed by atoms with Crippen LogP contribution in [0.3, 0.4) is 0 Å². The summed E-state index contributed by atoms with van der Waals surface area (Å²) >= 11 is 3.03. The van der Waals surface area contributed by atoms with Crippen molar-refractivity contribution in [2.45, 2.75) is 0 Å². The molecule has 1 rings (SSSR count). The molecule has 0 fully saturated rings. The smallest absolute Gasteiger partial charge is 0.234 e. The van der Waals surface area contributed by atoms with Crippen LogP contribution in [0, 0.1) is 0 Å². The van der Waals surface area contributed by atoms with Gasteiger partial charge in [-0.25, -0.2) is 0 Å². The lowest BCUT2D eigenvalue weighted by Crippen LogP contribution is -1.95. The molecule has 0 amide bonds. The Morgan fingerprint density at radius 1 is 1.50 bits per heavy atom. The second-order valence-corrected chi connectivity index (χ2v) is 3.56. The lowest BCUT2D eigenvalue weighted by Gasteiger charge is -2.03. The molecule has 64 valence electrons. The second kappa shape index (κ2) is 4.52. The Morgan fingerprint density at radius 2 is 2.17 bits per heavy atom. The normalized spacial score (nSPS) is 9.50. The van der Waals surface area contributed by atoms with Crippen molar-refractivity contribution in [3.8, 4) is 5.75 Å². The highest BCUT2D eigenvalue weighted by atomic mass is 79.9. The van der Waals surface area contributed by atoms with Gasteiger partial charge in [0.1, 0.15) is 5.75 Å². The standard InChI is InChI=1S/C8H7BrO2S/c1-11-7-5-3-2-4-6(7)8(10)12-9/h2-5H,1H3. The van der Waals surface area contributed by atoms with Crippen LogP contribution in [0.2, 0.25) is 0 Å². The quantitative estimate of drug-likeness (QED) is 0.803. The Bertz CT molecular complexity index is 288. The number of benzene rings is 1. The van der Waals surface area contributed by atoms with E-state index in [2.05, 4.69) is 14.8 Å². The van der Waals surface area contributed by atoms with Gasteiger partial charge in [-0.1, -0.05) is 12.1 Å². The van der Waals surface area contributed by atoms with Crippen LogP contribution in [0.4, 0.5) is 0 Å². The summed E-state index contributed by atoms with van der Waals surface area (Å²) in [6, 6.07) is 7.12. The van der Waals surface area contributed by atoms with Crippen molar-refractivity contribution in [1.82, 2.24) is 0 Å². The summed E-state index contributed by atoms with van der Waals surface area (Å²) in [6.45, 7) is 0. The third-order valence-electron chi connectivity index (χ3n) is 1.40. The number of carbonyl (C=O) groups is 1. The number of rotatable bonds is 2. The Balaban J connectivity index is 3.04. The highest BCUT2D eigenvalue weighted by molar-refractivity contribution is 9.52. The first-order valence-electron chi connectivity index (χ1n) is 3.25. The highest BCUT2D eigenvalue weighted by Gasteiger charge is 2.09. The predicted octanol–water partition coefficient (Wildman–Crippen LogP) is 2.88. The van der Waals surface area contributed by atoms with Crippen molar-refractivity contribution < 1.29 is 9.53 Å². The van der Waals surface area contributed by atoms with Gasteiger partial charge >= 0.3 is 0 Å². The van der Waals surface area contributed by atoms with Crippen LogP contribution in [-0.2, 0) is 0 Å². The van der Waals surface area contributed by atoms with E-state index >= 15 is 0 Å². The molecule has 0 aliphatic carbocycles. The summed E-state index contributed by atoms with van der Waals surface area (Å²) < 4.78 is 5.01. The van der Waals surface area contributed by atoms with Gasteiger partial charge in [0.15, 0.2) is 0 Å². The molecule has 1 aromatic carbocycles. The fourth-order valence-electron chi connectivity index (χ4n) is 0.855. The first-order chi connectivity index (χ1) is 5.79. The fraction of sp³-hybridized carbons (Fsp3) is 0.125. The molecule has 0 aromatic heterocycles. The maximum Gasteiger partial charge on any atom is 0.234 e. The molecule has 0 saturated heterocycles. The third-order valence-corrected chi connectivity index (χ3v) is 2.64. The average molecular weight is 247 g/mol. The van der Waals surface area contributed by atoms with Crippen LogP contribution >= 0.6 is 25.0 Å². The van der Waals surface area contributed by atoms with Crippen molar-refractivity contribution >= 4 is 30.1 Å². The van der Waals surface area contributed by atoms with E-state index in [1.807, 2.05) is 6.07 Å². The van der Waals surface area contributed by atoms with Crippen LogP contribution in [0.15, 0.2) is 24.3 Å². The van der Waals surface area contributed by atoms with E-state index in [0.29, 0.717) is 11.3 Å². The molecule has 0 unspecified atom stereocenters. The number of hydrogen-bond acceptors (Lipinski definition) is 3. The Kier molecular flexibility index (Phi) is 3.62. The molecular weight excluding hydrogens is 240 g/mol. The van der Waals surface area contributed by atoms with Gasteiger partial charge in [-0.05, 0) is 37.1 Å². The number of carbonyl (C=O) groups excluding carboxylic acids is 1. The number of hydrogen-bond donors (Lipinski definition) is 0. The molecule has 0 radical (unpaired) electrons. The molecule has 12 heavy (non-hydrogen) atoms. The Hall–Kier alpha value is -0.480.